The van der Waals surface area contributed by atoms with E-state index >= 15 is 0 Å². The van der Waals surface area contributed by atoms with E-state index in [9.17, 15) is 14.4 Å². The number of carbonyl (C=O) groups is 3. The first-order chi connectivity index (χ1) is 15.0. The van der Waals surface area contributed by atoms with Gasteiger partial charge in [0, 0.05) is 31.9 Å². The van der Waals surface area contributed by atoms with Gasteiger partial charge in [-0.05, 0) is 37.6 Å². The second kappa shape index (κ2) is 10.5. The van der Waals surface area contributed by atoms with Crippen molar-refractivity contribution < 1.29 is 19.1 Å². The number of para-hydroxylation sites is 1. The van der Waals surface area contributed by atoms with E-state index < -0.39 is 6.04 Å². The van der Waals surface area contributed by atoms with Gasteiger partial charge in [-0.3, -0.25) is 24.4 Å². The molecule has 0 fully saturated rings. The van der Waals surface area contributed by atoms with E-state index in [-0.39, 0.29) is 55.9 Å². The van der Waals surface area contributed by atoms with Crippen molar-refractivity contribution in [2.24, 2.45) is 5.10 Å². The minimum Gasteiger partial charge on any atom is -0.466 e. The molecule has 0 radical (unpaired) electrons. The number of carbonyl (C=O) groups excluding carboxylic acids is 3. The van der Waals surface area contributed by atoms with Crippen LogP contribution in [0.25, 0.3) is 0 Å². The fourth-order valence-electron chi connectivity index (χ4n) is 3.38. The highest BCUT2D eigenvalue weighted by molar-refractivity contribution is 6.40. The number of anilines is 1. The Labute approximate surface area is 181 Å². The summed E-state index contributed by atoms with van der Waals surface area (Å²) in [7, 11) is 0. The topological polar surface area (TPSA) is 92.2 Å². The SMILES string of the molecule is CCOC(=O)CCN(Cc1cccnc1)C(=O)C1=NN(c2ccccc2)C(C(C)=O)C1. The van der Waals surface area contributed by atoms with Crippen LogP contribution in [0.5, 0.6) is 0 Å². The van der Waals surface area contributed by atoms with E-state index in [0.29, 0.717) is 0 Å². The lowest BCUT2D eigenvalue weighted by atomic mass is 10.1. The highest BCUT2D eigenvalue weighted by Crippen LogP contribution is 2.26. The highest BCUT2D eigenvalue weighted by atomic mass is 16.5. The first kappa shape index (κ1) is 22.1. The Morgan fingerprint density at radius 2 is 1.94 bits per heavy atom. The van der Waals surface area contributed by atoms with Crippen LogP contribution in [0.2, 0.25) is 0 Å². The number of pyridine rings is 1. The van der Waals surface area contributed by atoms with Crippen LogP contribution < -0.4 is 5.01 Å². The third-order valence-electron chi connectivity index (χ3n) is 4.92. The second-order valence-corrected chi connectivity index (χ2v) is 7.20. The van der Waals surface area contributed by atoms with Crippen molar-refractivity contribution in [3.8, 4) is 0 Å². The van der Waals surface area contributed by atoms with Crippen LogP contribution in [0, 0.1) is 0 Å². The summed E-state index contributed by atoms with van der Waals surface area (Å²) in [6.07, 6.45) is 3.62. The van der Waals surface area contributed by atoms with Crippen molar-refractivity contribution in [3.63, 3.8) is 0 Å². The molecule has 2 aromatic rings. The summed E-state index contributed by atoms with van der Waals surface area (Å²) in [4.78, 5) is 43.1. The number of nitrogens with zero attached hydrogens (tertiary/aromatic N) is 4. The van der Waals surface area contributed by atoms with Gasteiger partial charge in [-0.2, -0.15) is 5.10 Å². The minimum atomic E-state index is -0.536. The van der Waals surface area contributed by atoms with Crippen molar-refractivity contribution >= 4 is 29.1 Å². The second-order valence-electron chi connectivity index (χ2n) is 7.20. The van der Waals surface area contributed by atoms with Crippen LogP contribution in [0.15, 0.2) is 60.0 Å². The lowest BCUT2D eigenvalue weighted by Gasteiger charge is -2.22. The van der Waals surface area contributed by atoms with Gasteiger partial charge in [-0.1, -0.05) is 24.3 Å². The Morgan fingerprint density at radius 1 is 1.16 bits per heavy atom. The molecule has 2 heterocycles. The van der Waals surface area contributed by atoms with Crippen molar-refractivity contribution in [2.45, 2.75) is 39.3 Å². The van der Waals surface area contributed by atoms with E-state index in [4.69, 9.17) is 4.74 Å². The van der Waals surface area contributed by atoms with Crippen molar-refractivity contribution in [1.29, 1.82) is 0 Å². The zero-order valence-corrected chi connectivity index (χ0v) is 17.7. The molecule has 31 heavy (non-hydrogen) atoms. The molecular formula is C23H26N4O4. The molecule has 0 spiro atoms. The standard InChI is InChI=1S/C23H26N4O4/c1-3-31-22(29)11-13-26(16-18-8-7-12-24-15-18)23(30)20-14-21(17(2)28)27(25-20)19-9-5-4-6-10-19/h4-10,12,15,21H,3,11,13-14,16H2,1-2H3. The molecule has 1 atom stereocenters. The van der Waals surface area contributed by atoms with Gasteiger partial charge in [-0.25, -0.2) is 0 Å². The number of amides is 1. The molecule has 1 aliphatic heterocycles. The summed E-state index contributed by atoms with van der Waals surface area (Å²) >= 11 is 0. The van der Waals surface area contributed by atoms with Gasteiger partial charge in [0.05, 0.1) is 18.7 Å². The number of hydrazone groups is 1. The van der Waals surface area contributed by atoms with Gasteiger partial charge in [-0.15, -0.1) is 0 Å². The van der Waals surface area contributed by atoms with Crippen LogP contribution in [0.4, 0.5) is 5.69 Å². The van der Waals surface area contributed by atoms with Gasteiger partial charge >= 0.3 is 5.97 Å². The van der Waals surface area contributed by atoms with Crippen LogP contribution in [-0.4, -0.2) is 52.4 Å². The quantitative estimate of drug-likeness (QED) is 0.577. The van der Waals surface area contributed by atoms with Gasteiger partial charge in [0.2, 0.25) is 0 Å². The lowest BCUT2D eigenvalue weighted by molar-refractivity contribution is -0.143. The van der Waals surface area contributed by atoms with E-state index in [1.165, 1.54) is 6.92 Å². The fraction of sp³-hybridized carbons (Fsp3) is 0.348. The number of hydrogen-bond acceptors (Lipinski definition) is 7. The molecular weight excluding hydrogens is 396 g/mol. The zero-order valence-electron chi connectivity index (χ0n) is 17.7. The molecule has 0 aliphatic carbocycles. The molecule has 8 heteroatoms. The van der Waals surface area contributed by atoms with Crippen LogP contribution in [0.3, 0.4) is 0 Å². The van der Waals surface area contributed by atoms with E-state index in [1.807, 2.05) is 36.4 Å². The molecule has 1 unspecified atom stereocenters. The molecule has 162 valence electrons. The third kappa shape index (κ3) is 5.75. The Balaban J connectivity index is 1.83. The monoisotopic (exact) mass is 422 g/mol. The fourth-order valence-corrected chi connectivity index (χ4v) is 3.38. The van der Waals surface area contributed by atoms with Gasteiger partial charge < -0.3 is 9.64 Å². The highest BCUT2D eigenvalue weighted by Gasteiger charge is 2.35. The zero-order chi connectivity index (χ0) is 22.2. The Bertz CT molecular complexity index is 947. The molecule has 1 aromatic heterocycles. The summed E-state index contributed by atoms with van der Waals surface area (Å²) in [6, 6.07) is 12.4. The van der Waals surface area contributed by atoms with Gasteiger partial charge in [0.15, 0.2) is 5.78 Å². The van der Waals surface area contributed by atoms with Crippen molar-refractivity contribution in [2.75, 3.05) is 18.2 Å². The number of ether oxygens (including phenoxy) is 1. The normalized spacial score (nSPS) is 15.4. The lowest BCUT2D eigenvalue weighted by Crippen LogP contribution is -2.38. The smallest absolute Gasteiger partial charge is 0.307 e. The average molecular weight is 422 g/mol. The predicted octanol–water partition coefficient (Wildman–Crippen LogP) is 2.59. The molecule has 8 nitrogen and oxygen atoms in total. The third-order valence-corrected chi connectivity index (χ3v) is 4.92. The van der Waals surface area contributed by atoms with Crippen LogP contribution in [-0.2, 0) is 25.7 Å². The molecule has 1 aliphatic rings. The minimum absolute atomic E-state index is 0.0688. The molecule has 1 amide bonds. The predicted molar refractivity (Wildman–Crippen MR) is 116 cm³/mol. The Kier molecular flexibility index (Phi) is 7.48. The average Bonchev–Trinajstić information content (AvgIpc) is 3.23. The van der Waals surface area contributed by atoms with Crippen LogP contribution >= 0.6 is 0 Å². The number of esters is 1. The first-order valence-corrected chi connectivity index (χ1v) is 10.3. The number of benzene rings is 1. The van der Waals surface area contributed by atoms with E-state index in [1.54, 1.807) is 35.3 Å². The number of rotatable bonds is 9. The summed E-state index contributed by atoms with van der Waals surface area (Å²) in [5, 5.41) is 6.09. The Morgan fingerprint density at radius 3 is 2.58 bits per heavy atom. The number of hydrogen-bond donors (Lipinski definition) is 0. The van der Waals surface area contributed by atoms with Gasteiger partial charge in [0.1, 0.15) is 11.8 Å². The van der Waals surface area contributed by atoms with E-state index in [2.05, 4.69) is 10.1 Å². The van der Waals surface area contributed by atoms with Crippen molar-refractivity contribution in [1.82, 2.24) is 9.88 Å². The summed E-state index contributed by atoms with van der Waals surface area (Å²) in [5.41, 5.74) is 1.87. The summed E-state index contributed by atoms with van der Waals surface area (Å²) in [6.45, 7) is 3.98. The maximum Gasteiger partial charge on any atom is 0.307 e. The Hall–Kier alpha value is -3.55. The summed E-state index contributed by atoms with van der Waals surface area (Å²) in [5.74, 6) is -0.744. The van der Waals surface area contributed by atoms with Crippen molar-refractivity contribution in [3.05, 3.63) is 60.4 Å². The summed E-state index contributed by atoms with van der Waals surface area (Å²) < 4.78 is 5.00. The number of ketones is 1. The molecule has 0 N–H and O–H groups in total. The molecule has 1 aromatic carbocycles. The number of aromatic nitrogens is 1. The van der Waals surface area contributed by atoms with Crippen LogP contribution in [0.1, 0.15) is 32.3 Å². The molecule has 0 bridgehead atoms. The molecule has 0 saturated heterocycles. The molecule has 0 saturated carbocycles. The molecule has 3 rings (SSSR count). The largest absolute Gasteiger partial charge is 0.466 e. The number of Topliss-reactive ketones (excluding diaryl/α,β-unsaturated/α-hetero) is 1. The maximum atomic E-state index is 13.3. The maximum absolute atomic E-state index is 13.3. The van der Waals surface area contributed by atoms with Gasteiger partial charge in [0.25, 0.3) is 5.91 Å². The van der Waals surface area contributed by atoms with E-state index in [0.717, 1.165) is 11.3 Å². The first-order valence-electron chi connectivity index (χ1n) is 10.3.